The van der Waals surface area contributed by atoms with E-state index in [9.17, 15) is 4.79 Å². The van der Waals surface area contributed by atoms with Crippen LogP contribution in [0.3, 0.4) is 0 Å². The minimum absolute atomic E-state index is 0.229. The van der Waals surface area contributed by atoms with Crippen LogP contribution in [0.25, 0.3) is 21.8 Å². The average Bonchev–Trinajstić information content (AvgIpc) is 3.14. The first-order valence-electron chi connectivity index (χ1n) is 9.83. The van der Waals surface area contributed by atoms with Crippen LogP contribution in [-0.2, 0) is 7.05 Å². The average molecular weight is 392 g/mol. The normalized spacial score (nSPS) is 12.2. The van der Waals surface area contributed by atoms with E-state index in [4.69, 9.17) is 4.98 Å². The van der Waals surface area contributed by atoms with Crippen LogP contribution in [-0.4, -0.2) is 20.4 Å². The van der Waals surface area contributed by atoms with Crippen molar-refractivity contribution in [3.8, 4) is 0 Å². The van der Waals surface area contributed by atoms with Crippen LogP contribution >= 0.6 is 0 Å². The van der Waals surface area contributed by atoms with Gasteiger partial charge in [-0.2, -0.15) is 0 Å². The van der Waals surface area contributed by atoms with Crippen LogP contribution in [0.4, 0.5) is 0 Å². The Labute approximate surface area is 174 Å². The van der Waals surface area contributed by atoms with Gasteiger partial charge in [0.1, 0.15) is 17.6 Å². The summed E-state index contributed by atoms with van der Waals surface area (Å²) in [7, 11) is 1.98. The third kappa shape index (κ3) is 3.10. The van der Waals surface area contributed by atoms with E-state index >= 15 is 0 Å². The van der Waals surface area contributed by atoms with Gasteiger partial charge >= 0.3 is 0 Å². The number of amides is 1. The van der Waals surface area contributed by atoms with Gasteiger partial charge in [-0.15, -0.1) is 0 Å². The van der Waals surface area contributed by atoms with E-state index in [1.807, 2.05) is 96.5 Å². The van der Waals surface area contributed by atoms with Crippen molar-refractivity contribution in [1.29, 1.82) is 0 Å². The highest BCUT2D eigenvalue weighted by Crippen LogP contribution is 2.26. The number of carbonyl (C=O) groups is 1. The minimum atomic E-state index is -0.406. The summed E-state index contributed by atoms with van der Waals surface area (Å²) in [5, 5.41) is 4.99. The summed E-state index contributed by atoms with van der Waals surface area (Å²) in [6.45, 7) is 0. The lowest BCUT2D eigenvalue weighted by Crippen LogP contribution is -2.31. The van der Waals surface area contributed by atoms with Crippen LogP contribution in [0.5, 0.6) is 0 Å². The summed E-state index contributed by atoms with van der Waals surface area (Å²) in [6, 6.07) is 27.1. The predicted molar refractivity (Wildman–Crippen MR) is 118 cm³/mol. The summed E-state index contributed by atoms with van der Waals surface area (Å²) in [6.07, 6.45) is 1.67. The van der Waals surface area contributed by atoms with Crippen LogP contribution in [0.15, 0.2) is 91.1 Å². The third-order valence-corrected chi connectivity index (χ3v) is 5.38. The standard InChI is InChI=1S/C25H20N4O/c1-29-21-14-8-7-13-20(21)27-24(29)22(18-10-3-2-4-11-18)28-25(30)23-19-12-6-5-9-17(19)15-16-26-23/h2-16,22H,1H3,(H,28,30). The highest BCUT2D eigenvalue weighted by Gasteiger charge is 2.24. The first kappa shape index (κ1) is 18.1. The fraction of sp³-hybridized carbons (Fsp3) is 0.0800. The molecule has 0 radical (unpaired) electrons. The van der Waals surface area contributed by atoms with Gasteiger partial charge in [-0.05, 0) is 29.1 Å². The number of aromatic nitrogens is 3. The molecule has 0 aliphatic rings. The summed E-state index contributed by atoms with van der Waals surface area (Å²) >= 11 is 0. The Balaban J connectivity index is 1.61. The fourth-order valence-corrected chi connectivity index (χ4v) is 3.86. The molecule has 0 saturated carbocycles. The molecule has 0 bridgehead atoms. The largest absolute Gasteiger partial charge is 0.337 e. The molecule has 2 aromatic heterocycles. The number of aryl methyl sites for hydroxylation is 1. The Bertz CT molecular complexity index is 1350. The number of para-hydroxylation sites is 2. The van der Waals surface area contributed by atoms with Crippen molar-refractivity contribution in [3.05, 3.63) is 108 Å². The van der Waals surface area contributed by atoms with Gasteiger partial charge in [0.25, 0.3) is 5.91 Å². The Morgan fingerprint density at radius 2 is 1.63 bits per heavy atom. The lowest BCUT2D eigenvalue weighted by molar-refractivity contribution is 0.0938. The molecule has 0 spiro atoms. The highest BCUT2D eigenvalue weighted by molar-refractivity contribution is 6.05. The lowest BCUT2D eigenvalue weighted by Gasteiger charge is -2.19. The van der Waals surface area contributed by atoms with Crippen molar-refractivity contribution in [1.82, 2.24) is 19.9 Å². The molecule has 1 unspecified atom stereocenters. The number of imidazole rings is 1. The molecule has 0 saturated heterocycles. The van der Waals surface area contributed by atoms with E-state index in [1.54, 1.807) is 6.20 Å². The van der Waals surface area contributed by atoms with Crippen molar-refractivity contribution in [3.63, 3.8) is 0 Å². The van der Waals surface area contributed by atoms with Gasteiger partial charge < -0.3 is 9.88 Å². The van der Waals surface area contributed by atoms with E-state index in [0.29, 0.717) is 5.69 Å². The minimum Gasteiger partial charge on any atom is -0.337 e. The third-order valence-electron chi connectivity index (χ3n) is 5.38. The molecule has 1 amide bonds. The molecular weight excluding hydrogens is 372 g/mol. The smallest absolute Gasteiger partial charge is 0.271 e. The molecule has 1 atom stereocenters. The molecule has 5 nitrogen and oxygen atoms in total. The van der Waals surface area contributed by atoms with Crippen molar-refractivity contribution in [2.24, 2.45) is 7.05 Å². The number of carbonyl (C=O) groups excluding carboxylic acids is 1. The summed E-state index contributed by atoms with van der Waals surface area (Å²) < 4.78 is 2.03. The number of hydrogen-bond donors (Lipinski definition) is 1. The van der Waals surface area contributed by atoms with Gasteiger partial charge in [-0.25, -0.2) is 4.98 Å². The molecule has 2 heterocycles. The number of pyridine rings is 1. The number of benzene rings is 3. The van der Waals surface area contributed by atoms with E-state index in [2.05, 4.69) is 10.3 Å². The van der Waals surface area contributed by atoms with Gasteiger partial charge in [-0.3, -0.25) is 9.78 Å². The van der Waals surface area contributed by atoms with Gasteiger partial charge in [0.2, 0.25) is 0 Å². The maximum atomic E-state index is 13.3. The first-order chi connectivity index (χ1) is 14.7. The maximum Gasteiger partial charge on any atom is 0.271 e. The lowest BCUT2D eigenvalue weighted by atomic mass is 10.0. The van der Waals surface area contributed by atoms with Crippen LogP contribution in [0, 0.1) is 0 Å². The van der Waals surface area contributed by atoms with Gasteiger partial charge in [-0.1, -0.05) is 66.7 Å². The molecule has 0 aliphatic carbocycles. The number of nitrogens with zero attached hydrogens (tertiary/aromatic N) is 3. The highest BCUT2D eigenvalue weighted by atomic mass is 16.2. The summed E-state index contributed by atoms with van der Waals surface area (Å²) in [4.78, 5) is 22.5. The molecule has 5 aromatic rings. The van der Waals surface area contributed by atoms with Crippen LogP contribution in [0.1, 0.15) is 27.9 Å². The van der Waals surface area contributed by atoms with E-state index < -0.39 is 6.04 Å². The topological polar surface area (TPSA) is 59.8 Å². The Hall–Kier alpha value is -3.99. The second-order valence-electron chi connectivity index (χ2n) is 7.22. The van der Waals surface area contributed by atoms with Crippen molar-refractivity contribution >= 4 is 27.7 Å². The second kappa shape index (κ2) is 7.44. The molecule has 146 valence electrons. The molecule has 1 N–H and O–H groups in total. The monoisotopic (exact) mass is 392 g/mol. The molecule has 0 fully saturated rings. The summed E-state index contributed by atoms with van der Waals surface area (Å²) in [5.74, 6) is 0.545. The number of rotatable bonds is 4. The molecule has 3 aromatic carbocycles. The molecule has 5 rings (SSSR count). The second-order valence-corrected chi connectivity index (χ2v) is 7.22. The quantitative estimate of drug-likeness (QED) is 0.485. The number of hydrogen-bond acceptors (Lipinski definition) is 3. The molecule has 5 heteroatoms. The molecule has 0 aliphatic heterocycles. The maximum absolute atomic E-state index is 13.3. The fourth-order valence-electron chi connectivity index (χ4n) is 3.86. The van der Waals surface area contributed by atoms with E-state index in [-0.39, 0.29) is 5.91 Å². The van der Waals surface area contributed by atoms with Crippen molar-refractivity contribution in [2.45, 2.75) is 6.04 Å². The zero-order chi connectivity index (χ0) is 20.5. The predicted octanol–water partition coefficient (Wildman–Crippen LogP) is 4.64. The van der Waals surface area contributed by atoms with E-state index in [1.165, 1.54) is 0 Å². The van der Waals surface area contributed by atoms with Crippen LogP contribution < -0.4 is 5.32 Å². The van der Waals surface area contributed by atoms with Gasteiger partial charge in [0.05, 0.1) is 11.0 Å². The zero-order valence-electron chi connectivity index (χ0n) is 16.5. The first-order valence-corrected chi connectivity index (χ1v) is 9.83. The summed E-state index contributed by atoms with van der Waals surface area (Å²) in [5.41, 5.74) is 3.29. The Kier molecular flexibility index (Phi) is 4.48. The zero-order valence-corrected chi connectivity index (χ0v) is 16.5. The Morgan fingerprint density at radius 1 is 0.900 bits per heavy atom. The molecular formula is C25H20N4O. The van der Waals surface area contributed by atoms with Crippen molar-refractivity contribution in [2.75, 3.05) is 0 Å². The van der Waals surface area contributed by atoms with E-state index in [0.717, 1.165) is 33.2 Å². The van der Waals surface area contributed by atoms with Crippen molar-refractivity contribution < 1.29 is 4.79 Å². The number of nitrogens with one attached hydrogen (secondary N) is 1. The van der Waals surface area contributed by atoms with Gasteiger partial charge in [0, 0.05) is 18.6 Å². The van der Waals surface area contributed by atoms with Gasteiger partial charge in [0.15, 0.2) is 0 Å². The Morgan fingerprint density at radius 3 is 2.47 bits per heavy atom. The SMILES string of the molecule is Cn1c(C(NC(=O)c2nccc3ccccc23)c2ccccc2)nc2ccccc21. The van der Waals surface area contributed by atoms with Crippen LogP contribution in [0.2, 0.25) is 0 Å². The number of fused-ring (bicyclic) bond motifs is 2. The molecule has 30 heavy (non-hydrogen) atoms.